The average Bonchev–Trinajstić information content (AvgIpc) is 3.38. The highest BCUT2D eigenvalue weighted by molar-refractivity contribution is 6.31. The molecule has 0 fully saturated rings. The number of aromatic nitrogens is 2. The lowest BCUT2D eigenvalue weighted by atomic mass is 10.0. The van der Waals surface area contributed by atoms with E-state index in [4.69, 9.17) is 4.42 Å². The molecule has 4 aromatic carbocycles. The highest BCUT2D eigenvalue weighted by Crippen LogP contribution is 2.44. The molecular weight excluding hydrogens is 368 g/mol. The Balaban J connectivity index is 1.91. The molecule has 0 saturated heterocycles. The Labute approximate surface area is 170 Å². The summed E-state index contributed by atoms with van der Waals surface area (Å²) < 4.78 is 11.2. The molecule has 0 atom stereocenters. The fraction of sp³-hybridized carbons (Fsp3) is 0.0370. The maximum Gasteiger partial charge on any atom is 0.161 e. The fourth-order valence-corrected chi connectivity index (χ4v) is 5.66. The van der Waals surface area contributed by atoms with Crippen LogP contribution in [0.3, 0.4) is 0 Å². The van der Waals surface area contributed by atoms with Gasteiger partial charge in [-0.15, -0.1) is 0 Å². The minimum absolute atomic E-state index is 0.936. The van der Waals surface area contributed by atoms with E-state index in [1.54, 1.807) is 0 Å². The normalized spacial score (nSPS) is 12.8. The van der Waals surface area contributed by atoms with Crippen molar-refractivity contribution in [3.8, 4) is 0 Å². The molecule has 0 unspecified atom stereocenters. The van der Waals surface area contributed by atoms with Gasteiger partial charge in [-0.3, -0.25) is 0 Å². The number of aryl methyl sites for hydroxylation is 1. The fourth-order valence-electron chi connectivity index (χ4n) is 5.66. The summed E-state index contributed by atoms with van der Waals surface area (Å²) in [6.45, 7) is 0. The first-order valence-corrected chi connectivity index (χ1v) is 10.3. The molecule has 0 radical (unpaired) electrons. The monoisotopic (exact) mass is 384 g/mol. The molecule has 8 aromatic rings. The van der Waals surface area contributed by atoms with Gasteiger partial charge in [-0.2, -0.15) is 0 Å². The van der Waals surface area contributed by atoms with Crippen molar-refractivity contribution in [1.82, 2.24) is 8.97 Å². The standard InChI is InChI=1S/C27H16N2O/c1-28-19-11-5-8-15-16-9-4-10-18-25(16)29(21-13-6-12-20(28)24(21)23(15)19)26-17-7-2-3-14-22(17)30-27(18)26/h2-14H,1H3. The molecule has 8 rings (SSSR count). The number of hydrogen-bond donors (Lipinski definition) is 0. The van der Waals surface area contributed by atoms with Crippen LogP contribution in [-0.4, -0.2) is 8.97 Å². The SMILES string of the molecule is Cn1c2cccc3c4cccc5c6oc7ccccc7c6n(c6cccc1c6c32)c45. The molecule has 0 amide bonds. The van der Waals surface area contributed by atoms with Crippen molar-refractivity contribution in [2.24, 2.45) is 7.05 Å². The Bertz CT molecular complexity index is 1960. The summed E-state index contributed by atoms with van der Waals surface area (Å²) in [7, 11) is 2.17. The van der Waals surface area contributed by atoms with Gasteiger partial charge in [-0.1, -0.05) is 42.5 Å². The van der Waals surface area contributed by atoms with E-state index in [2.05, 4.69) is 88.8 Å². The Kier molecular flexibility index (Phi) is 2.37. The van der Waals surface area contributed by atoms with Crippen molar-refractivity contribution in [1.29, 1.82) is 0 Å². The highest BCUT2D eigenvalue weighted by Gasteiger charge is 2.22. The van der Waals surface area contributed by atoms with Crippen LogP contribution in [0.5, 0.6) is 0 Å². The zero-order valence-corrected chi connectivity index (χ0v) is 16.3. The van der Waals surface area contributed by atoms with Gasteiger partial charge in [0.15, 0.2) is 5.58 Å². The molecule has 140 valence electrons. The Morgan fingerprint density at radius 3 is 2.17 bits per heavy atom. The van der Waals surface area contributed by atoms with E-state index >= 15 is 0 Å². The lowest BCUT2D eigenvalue weighted by molar-refractivity contribution is 0.673. The molecule has 0 aliphatic rings. The predicted molar refractivity (Wildman–Crippen MR) is 125 cm³/mol. The van der Waals surface area contributed by atoms with Crippen molar-refractivity contribution < 1.29 is 4.42 Å². The molecule has 0 aliphatic carbocycles. The lowest BCUT2D eigenvalue weighted by Gasteiger charge is -2.03. The minimum Gasteiger partial charge on any atom is -0.454 e. The summed E-state index contributed by atoms with van der Waals surface area (Å²) in [5, 5.41) is 7.53. The van der Waals surface area contributed by atoms with Gasteiger partial charge in [0.2, 0.25) is 0 Å². The van der Waals surface area contributed by atoms with Crippen molar-refractivity contribution in [2.45, 2.75) is 0 Å². The number of furan rings is 1. The summed E-state index contributed by atoms with van der Waals surface area (Å²) in [5.41, 5.74) is 8.04. The highest BCUT2D eigenvalue weighted by atomic mass is 16.3. The van der Waals surface area contributed by atoms with E-state index in [9.17, 15) is 0 Å². The van der Waals surface area contributed by atoms with E-state index < -0.39 is 0 Å². The minimum atomic E-state index is 0.936. The van der Waals surface area contributed by atoms with Gasteiger partial charge in [-0.05, 0) is 41.8 Å². The second kappa shape index (κ2) is 4.77. The second-order valence-electron chi connectivity index (χ2n) is 8.24. The summed E-state index contributed by atoms with van der Waals surface area (Å²) in [5.74, 6) is 0. The summed E-state index contributed by atoms with van der Waals surface area (Å²) >= 11 is 0. The van der Waals surface area contributed by atoms with Crippen LogP contribution in [-0.2, 0) is 7.05 Å². The number of nitrogens with zero attached hydrogens (tertiary/aromatic N) is 2. The molecule has 3 heteroatoms. The van der Waals surface area contributed by atoms with E-state index in [0.29, 0.717) is 0 Å². The molecule has 0 spiro atoms. The average molecular weight is 384 g/mol. The molecule has 0 aliphatic heterocycles. The zero-order chi connectivity index (χ0) is 19.6. The first-order chi connectivity index (χ1) is 14.8. The van der Waals surface area contributed by atoms with E-state index in [0.717, 1.165) is 22.1 Å². The molecule has 30 heavy (non-hydrogen) atoms. The van der Waals surface area contributed by atoms with Gasteiger partial charge < -0.3 is 13.4 Å². The quantitative estimate of drug-likeness (QED) is 0.270. The van der Waals surface area contributed by atoms with E-state index in [1.807, 2.05) is 6.07 Å². The van der Waals surface area contributed by atoms with Crippen molar-refractivity contribution in [2.75, 3.05) is 0 Å². The topological polar surface area (TPSA) is 22.5 Å². The molecule has 4 aromatic heterocycles. The predicted octanol–water partition coefficient (Wildman–Crippen LogP) is 7.23. The molecule has 0 N–H and O–H groups in total. The molecule has 0 saturated carbocycles. The summed E-state index contributed by atoms with van der Waals surface area (Å²) in [6, 6.07) is 28.3. The van der Waals surface area contributed by atoms with Gasteiger partial charge in [-0.25, -0.2) is 0 Å². The zero-order valence-electron chi connectivity index (χ0n) is 16.3. The number of hydrogen-bond acceptors (Lipinski definition) is 1. The second-order valence-corrected chi connectivity index (χ2v) is 8.24. The maximum atomic E-state index is 6.41. The first kappa shape index (κ1) is 14.9. The number of fused-ring (bicyclic) bond motifs is 7. The third kappa shape index (κ3) is 1.47. The largest absolute Gasteiger partial charge is 0.454 e. The van der Waals surface area contributed by atoms with Crippen LogP contribution in [0.4, 0.5) is 0 Å². The first-order valence-electron chi connectivity index (χ1n) is 10.3. The number of rotatable bonds is 0. The Morgan fingerprint density at radius 1 is 0.567 bits per heavy atom. The van der Waals surface area contributed by atoms with Gasteiger partial charge in [0.25, 0.3) is 0 Å². The Morgan fingerprint density at radius 2 is 1.23 bits per heavy atom. The van der Waals surface area contributed by atoms with Gasteiger partial charge in [0, 0.05) is 39.5 Å². The third-order valence-corrected chi connectivity index (χ3v) is 6.86. The lowest BCUT2D eigenvalue weighted by Crippen LogP contribution is -1.89. The molecular formula is C27H16N2O. The Hall–Kier alpha value is -3.98. The third-order valence-electron chi connectivity index (χ3n) is 6.86. The molecule has 0 bridgehead atoms. The van der Waals surface area contributed by atoms with E-state index in [-0.39, 0.29) is 0 Å². The number of benzene rings is 4. The van der Waals surface area contributed by atoms with Gasteiger partial charge in [0.1, 0.15) is 11.1 Å². The van der Waals surface area contributed by atoms with E-state index in [1.165, 1.54) is 49.0 Å². The van der Waals surface area contributed by atoms with Crippen molar-refractivity contribution >= 4 is 71.1 Å². The van der Waals surface area contributed by atoms with Crippen LogP contribution in [0, 0.1) is 0 Å². The van der Waals surface area contributed by atoms with Crippen molar-refractivity contribution in [3.05, 3.63) is 78.9 Å². The maximum absolute atomic E-state index is 6.41. The van der Waals surface area contributed by atoms with Crippen LogP contribution >= 0.6 is 0 Å². The summed E-state index contributed by atoms with van der Waals surface area (Å²) in [4.78, 5) is 0. The van der Waals surface area contributed by atoms with Gasteiger partial charge in [0.05, 0.1) is 16.6 Å². The van der Waals surface area contributed by atoms with Crippen LogP contribution < -0.4 is 0 Å². The van der Waals surface area contributed by atoms with Crippen molar-refractivity contribution in [3.63, 3.8) is 0 Å². The smallest absolute Gasteiger partial charge is 0.161 e. The van der Waals surface area contributed by atoms with Gasteiger partial charge >= 0.3 is 0 Å². The van der Waals surface area contributed by atoms with Crippen LogP contribution in [0.25, 0.3) is 71.1 Å². The molecule has 3 nitrogen and oxygen atoms in total. The molecule has 4 heterocycles. The van der Waals surface area contributed by atoms with Crippen LogP contribution in [0.1, 0.15) is 0 Å². The summed E-state index contributed by atoms with van der Waals surface area (Å²) in [6.07, 6.45) is 0. The number of para-hydroxylation sites is 2. The van der Waals surface area contributed by atoms with Crippen LogP contribution in [0.2, 0.25) is 0 Å². The van der Waals surface area contributed by atoms with Crippen LogP contribution in [0.15, 0.2) is 83.3 Å².